The molecule has 0 atom stereocenters. The third-order valence-corrected chi connectivity index (χ3v) is 6.59. The van der Waals surface area contributed by atoms with E-state index >= 15 is 0 Å². The smallest absolute Gasteiger partial charge is 0.332 e. The number of imidazole rings is 1. The Morgan fingerprint density at radius 2 is 1.88 bits per heavy atom. The van der Waals surface area contributed by atoms with Crippen molar-refractivity contribution >= 4 is 34.4 Å². The predicted octanol–water partition coefficient (Wildman–Crippen LogP) is 0.433. The Labute approximate surface area is 203 Å². The number of nitrogens with one attached hydrogen (secondary N) is 1. The van der Waals surface area contributed by atoms with Crippen molar-refractivity contribution in [3.8, 4) is 0 Å². The lowest BCUT2D eigenvalue weighted by molar-refractivity contribution is 0.202. The van der Waals surface area contributed by atoms with Crippen molar-refractivity contribution < 1.29 is 4.74 Å². The lowest BCUT2D eigenvalue weighted by Crippen LogP contribution is -2.52. The number of ether oxygens (including phenoxy) is 1. The second-order valence-corrected chi connectivity index (χ2v) is 8.95. The molecule has 3 heterocycles. The number of nitrogens with zero attached hydrogens (tertiary/aromatic N) is 6. The molecule has 0 amide bonds. The summed E-state index contributed by atoms with van der Waals surface area (Å²) in [5.74, 6) is 0.688. The quantitative estimate of drug-likeness (QED) is 0.397. The van der Waals surface area contributed by atoms with Crippen LogP contribution in [-0.2, 0) is 25.4 Å². The molecule has 0 bridgehead atoms. The van der Waals surface area contributed by atoms with Crippen LogP contribution in [0.1, 0.15) is 11.1 Å². The summed E-state index contributed by atoms with van der Waals surface area (Å²) in [7, 11) is 4.82. The largest absolute Gasteiger partial charge is 0.383 e. The molecule has 1 aliphatic heterocycles. The SMILES string of the molecule is COCCNC(=S)N1CCN(c2nc3c(c(=O)n(C)c(=O)n3C)n2Cc2cccc(C)c2)CC1. The number of anilines is 1. The van der Waals surface area contributed by atoms with Crippen molar-refractivity contribution in [3.63, 3.8) is 0 Å². The molecule has 182 valence electrons. The molecule has 1 aromatic carbocycles. The molecule has 11 heteroatoms. The van der Waals surface area contributed by atoms with Crippen molar-refractivity contribution in [1.82, 2.24) is 28.9 Å². The van der Waals surface area contributed by atoms with Gasteiger partial charge in [-0.2, -0.15) is 4.98 Å². The highest BCUT2D eigenvalue weighted by atomic mass is 32.1. The molecule has 0 saturated carbocycles. The van der Waals surface area contributed by atoms with Crippen LogP contribution in [0.3, 0.4) is 0 Å². The molecule has 2 aromatic heterocycles. The lowest BCUT2D eigenvalue weighted by atomic mass is 10.1. The summed E-state index contributed by atoms with van der Waals surface area (Å²) in [4.78, 5) is 34.8. The number of piperazine rings is 1. The molecule has 3 aromatic rings. The van der Waals surface area contributed by atoms with E-state index in [0.717, 1.165) is 28.8 Å². The van der Waals surface area contributed by atoms with E-state index in [9.17, 15) is 9.59 Å². The van der Waals surface area contributed by atoms with Gasteiger partial charge in [-0.1, -0.05) is 29.8 Å². The first-order chi connectivity index (χ1) is 16.3. The zero-order valence-corrected chi connectivity index (χ0v) is 20.9. The fraction of sp³-hybridized carbons (Fsp3) is 0.478. The first-order valence-corrected chi connectivity index (χ1v) is 11.7. The van der Waals surface area contributed by atoms with E-state index in [4.69, 9.17) is 21.9 Å². The van der Waals surface area contributed by atoms with Gasteiger partial charge < -0.3 is 19.9 Å². The molecular weight excluding hydrogens is 454 g/mol. The standard InChI is InChI=1S/C23H31N7O3S/c1-16-6-5-7-17(14-16)15-30-18-19(26(2)23(32)27(3)20(18)31)25-21(30)28-9-11-29(12-10-28)22(34)24-8-13-33-4/h5-7,14H,8-13,15H2,1-4H3,(H,24,34). The first kappa shape index (κ1) is 24.0. The molecule has 1 saturated heterocycles. The summed E-state index contributed by atoms with van der Waals surface area (Å²) >= 11 is 5.52. The Bertz CT molecular complexity index is 1320. The minimum absolute atomic E-state index is 0.341. The van der Waals surface area contributed by atoms with Gasteiger partial charge in [-0.3, -0.25) is 18.5 Å². The zero-order valence-electron chi connectivity index (χ0n) is 20.1. The Kier molecular flexibility index (Phi) is 7.03. The summed E-state index contributed by atoms with van der Waals surface area (Å²) in [6.07, 6.45) is 0. The van der Waals surface area contributed by atoms with Crippen LogP contribution in [0.2, 0.25) is 0 Å². The summed E-state index contributed by atoms with van der Waals surface area (Å²) < 4.78 is 9.60. The second kappa shape index (κ2) is 9.98. The monoisotopic (exact) mass is 485 g/mol. The molecule has 0 unspecified atom stereocenters. The number of hydrogen-bond acceptors (Lipinski definition) is 6. The van der Waals surface area contributed by atoms with Gasteiger partial charge in [0.05, 0.1) is 13.2 Å². The van der Waals surface area contributed by atoms with Crippen LogP contribution in [0.5, 0.6) is 0 Å². The zero-order chi connectivity index (χ0) is 24.4. The van der Waals surface area contributed by atoms with Gasteiger partial charge in [0.25, 0.3) is 5.56 Å². The van der Waals surface area contributed by atoms with Crippen molar-refractivity contribution in [2.24, 2.45) is 14.1 Å². The Balaban J connectivity index is 1.69. The van der Waals surface area contributed by atoms with Gasteiger partial charge in [0.15, 0.2) is 16.3 Å². The van der Waals surface area contributed by atoms with E-state index in [1.807, 2.05) is 29.7 Å². The van der Waals surface area contributed by atoms with Gasteiger partial charge >= 0.3 is 5.69 Å². The molecule has 1 fully saturated rings. The molecule has 1 aliphatic rings. The van der Waals surface area contributed by atoms with Gasteiger partial charge in [0.2, 0.25) is 5.95 Å². The number of aromatic nitrogens is 4. The number of methoxy groups -OCH3 is 1. The average molecular weight is 486 g/mol. The van der Waals surface area contributed by atoms with Crippen LogP contribution < -0.4 is 21.5 Å². The van der Waals surface area contributed by atoms with Gasteiger partial charge in [-0.05, 0) is 24.7 Å². The Hall–Kier alpha value is -3.18. The highest BCUT2D eigenvalue weighted by Gasteiger charge is 2.26. The second-order valence-electron chi connectivity index (χ2n) is 8.56. The fourth-order valence-corrected chi connectivity index (χ4v) is 4.59. The van der Waals surface area contributed by atoms with Crippen LogP contribution in [0.4, 0.5) is 5.95 Å². The van der Waals surface area contributed by atoms with Crippen molar-refractivity contribution in [2.45, 2.75) is 13.5 Å². The van der Waals surface area contributed by atoms with Gasteiger partial charge in [0, 0.05) is 53.9 Å². The van der Waals surface area contributed by atoms with Gasteiger partial charge in [-0.15, -0.1) is 0 Å². The number of hydrogen-bond donors (Lipinski definition) is 1. The number of benzene rings is 1. The van der Waals surface area contributed by atoms with Gasteiger partial charge in [-0.25, -0.2) is 4.79 Å². The first-order valence-electron chi connectivity index (χ1n) is 11.3. The molecule has 10 nitrogen and oxygen atoms in total. The van der Waals surface area contributed by atoms with Crippen LogP contribution in [0.15, 0.2) is 33.9 Å². The van der Waals surface area contributed by atoms with Crippen LogP contribution in [0.25, 0.3) is 11.2 Å². The predicted molar refractivity (Wildman–Crippen MR) is 137 cm³/mol. The number of fused-ring (bicyclic) bond motifs is 1. The minimum atomic E-state index is -0.387. The third-order valence-electron chi connectivity index (χ3n) is 6.18. The maximum Gasteiger partial charge on any atom is 0.332 e. The third kappa shape index (κ3) is 4.58. The van der Waals surface area contributed by atoms with E-state index < -0.39 is 0 Å². The number of thiocarbonyl (C=S) groups is 1. The highest BCUT2D eigenvalue weighted by molar-refractivity contribution is 7.80. The molecule has 4 rings (SSSR count). The van der Waals surface area contributed by atoms with Crippen LogP contribution in [-0.4, -0.2) is 75.1 Å². The topological polar surface area (TPSA) is 89.6 Å². The molecule has 0 spiro atoms. The molecule has 1 N–H and O–H groups in total. The summed E-state index contributed by atoms with van der Waals surface area (Å²) in [6, 6.07) is 8.19. The molecule has 34 heavy (non-hydrogen) atoms. The minimum Gasteiger partial charge on any atom is -0.383 e. The van der Waals surface area contributed by atoms with E-state index in [1.165, 1.54) is 11.6 Å². The molecule has 0 radical (unpaired) electrons. The Morgan fingerprint density at radius 3 is 2.56 bits per heavy atom. The normalized spacial score (nSPS) is 14.1. The van der Waals surface area contributed by atoms with Crippen molar-refractivity contribution in [2.75, 3.05) is 51.3 Å². The van der Waals surface area contributed by atoms with Crippen LogP contribution in [0, 0.1) is 6.92 Å². The van der Waals surface area contributed by atoms with Crippen LogP contribution >= 0.6 is 12.2 Å². The number of rotatable bonds is 6. The van der Waals surface area contributed by atoms with Gasteiger partial charge in [0.1, 0.15) is 0 Å². The van der Waals surface area contributed by atoms with Crippen molar-refractivity contribution in [3.05, 3.63) is 56.2 Å². The van der Waals surface area contributed by atoms with E-state index in [2.05, 4.69) is 21.2 Å². The number of aryl methyl sites for hydroxylation is 2. The maximum atomic E-state index is 13.2. The molecule has 0 aliphatic carbocycles. The summed E-state index contributed by atoms with van der Waals surface area (Å²) in [5, 5.41) is 3.93. The van der Waals surface area contributed by atoms with Crippen molar-refractivity contribution in [1.29, 1.82) is 0 Å². The molecular formula is C23H31N7O3S. The lowest BCUT2D eigenvalue weighted by Gasteiger charge is -2.36. The van der Waals surface area contributed by atoms with E-state index in [-0.39, 0.29) is 11.2 Å². The van der Waals surface area contributed by atoms with E-state index in [1.54, 1.807) is 14.2 Å². The highest BCUT2D eigenvalue weighted by Crippen LogP contribution is 2.23. The van der Waals surface area contributed by atoms with E-state index in [0.29, 0.717) is 55.0 Å². The Morgan fingerprint density at radius 1 is 1.15 bits per heavy atom. The summed E-state index contributed by atoms with van der Waals surface area (Å²) in [5.41, 5.74) is 2.31. The summed E-state index contributed by atoms with van der Waals surface area (Å²) in [6.45, 7) is 6.62. The maximum absolute atomic E-state index is 13.2. The average Bonchev–Trinajstić information content (AvgIpc) is 3.21. The fourth-order valence-electron chi connectivity index (χ4n) is 4.30.